The van der Waals surface area contributed by atoms with Crippen LogP contribution < -0.4 is 0 Å². The maximum atomic E-state index is 12.1. The monoisotopic (exact) mass is 229 g/mol. The Hall–Kier alpha value is -0.570. The maximum absolute atomic E-state index is 12.1. The van der Waals surface area contributed by atoms with Gasteiger partial charge in [-0.2, -0.15) is 0 Å². The molecule has 0 saturated carbocycles. The van der Waals surface area contributed by atoms with Crippen molar-refractivity contribution in [3.05, 3.63) is 0 Å². The largest absolute Gasteiger partial charge is 0.376 e. The van der Waals surface area contributed by atoms with Crippen LogP contribution in [-0.2, 0) is 9.53 Å². The summed E-state index contributed by atoms with van der Waals surface area (Å²) in [5.74, 6) is -0.446. The van der Waals surface area contributed by atoms with E-state index in [1.165, 1.54) is 6.92 Å². The fourth-order valence-corrected chi connectivity index (χ4v) is 2.50. The van der Waals surface area contributed by atoms with Gasteiger partial charge in [0.05, 0.1) is 12.1 Å². The number of nitrogens with zero attached hydrogens (tertiary/aromatic N) is 1. The van der Waals surface area contributed by atoms with Crippen molar-refractivity contribution in [1.29, 1.82) is 0 Å². The molecule has 3 nitrogen and oxygen atoms in total. The molecule has 0 bridgehead atoms. The Morgan fingerprint density at radius 1 is 1.62 bits per heavy atom. The zero-order valence-corrected chi connectivity index (χ0v) is 11.3. The minimum atomic E-state index is -1.82. The van der Waals surface area contributed by atoms with Crippen molar-refractivity contribution >= 4 is 5.91 Å². The Kier molecular flexibility index (Phi) is 2.88. The molecule has 1 amide bonds. The Morgan fingerprint density at radius 2 is 2.19 bits per heavy atom. The maximum Gasteiger partial charge on any atom is 0.222 e. The van der Waals surface area contributed by atoms with Crippen LogP contribution in [0.25, 0.3) is 0 Å². The molecule has 1 rings (SSSR count). The van der Waals surface area contributed by atoms with Gasteiger partial charge in [-0.1, -0.05) is 27.7 Å². The molecule has 0 aromatic heterocycles. The van der Waals surface area contributed by atoms with E-state index < -0.39 is 17.9 Å². The lowest BCUT2D eigenvalue weighted by Gasteiger charge is -2.40. The average molecular weight is 229 g/mol. The summed E-state index contributed by atoms with van der Waals surface area (Å²) >= 11 is 0. The summed E-state index contributed by atoms with van der Waals surface area (Å²) < 4.78 is 20.8. The topological polar surface area (TPSA) is 29.5 Å². The first-order chi connectivity index (χ1) is 7.94. The van der Waals surface area contributed by atoms with E-state index in [4.69, 9.17) is 7.48 Å². The average Bonchev–Trinajstić information content (AvgIpc) is 2.53. The van der Waals surface area contributed by atoms with Gasteiger partial charge in [0.25, 0.3) is 0 Å². The molecule has 16 heavy (non-hydrogen) atoms. The molecule has 1 saturated heterocycles. The molecule has 0 spiro atoms. The van der Waals surface area contributed by atoms with Crippen LogP contribution in [0.1, 0.15) is 50.2 Å². The first-order valence-electron chi connectivity index (χ1n) is 6.81. The van der Waals surface area contributed by atoms with Gasteiger partial charge < -0.3 is 9.64 Å². The minimum Gasteiger partial charge on any atom is -0.376 e. The molecule has 1 aliphatic rings. The number of hydrogen-bond donors (Lipinski definition) is 0. The van der Waals surface area contributed by atoms with Crippen LogP contribution in [0.2, 0.25) is 0 Å². The van der Waals surface area contributed by atoms with Crippen LogP contribution in [-0.4, -0.2) is 36.1 Å². The summed E-state index contributed by atoms with van der Waals surface area (Å²) in [6, 6.07) is 0.00620. The van der Waals surface area contributed by atoms with E-state index in [0.717, 1.165) is 6.42 Å². The molecular formula is C13H25NO2. The predicted molar refractivity (Wildman–Crippen MR) is 65.3 cm³/mol. The third-order valence-corrected chi connectivity index (χ3v) is 3.82. The van der Waals surface area contributed by atoms with Crippen molar-refractivity contribution in [1.82, 2.24) is 4.90 Å². The predicted octanol–water partition coefficient (Wildman–Crippen LogP) is 2.45. The van der Waals surface area contributed by atoms with Gasteiger partial charge in [-0.25, -0.2) is 0 Å². The molecule has 1 unspecified atom stereocenters. The third kappa shape index (κ3) is 2.10. The first kappa shape index (κ1) is 10.6. The number of carbonyl (C=O) groups is 1. The van der Waals surface area contributed by atoms with Crippen LogP contribution in [0.5, 0.6) is 0 Å². The standard InChI is InChI=1S/C13H25NO2/c1-7-11(15)14-9-13(16-6,8-10(14)2)12(3,4)5/h10H,7-9H2,1-6H3/t10-,13?/m1/s1/i7D2. The van der Waals surface area contributed by atoms with Crippen LogP contribution in [0, 0.1) is 5.41 Å². The van der Waals surface area contributed by atoms with Crippen LogP contribution in [0.4, 0.5) is 0 Å². The molecule has 0 radical (unpaired) electrons. The van der Waals surface area contributed by atoms with Crippen LogP contribution in [0.3, 0.4) is 0 Å². The Labute approximate surface area is 102 Å². The molecule has 1 fully saturated rings. The van der Waals surface area contributed by atoms with E-state index in [-0.39, 0.29) is 11.5 Å². The minimum absolute atomic E-state index is 0.00620. The summed E-state index contributed by atoms with van der Waals surface area (Å²) in [7, 11) is 1.67. The van der Waals surface area contributed by atoms with Gasteiger partial charge in [-0.05, 0) is 18.8 Å². The van der Waals surface area contributed by atoms with Gasteiger partial charge in [0, 0.05) is 22.3 Å². The molecule has 94 valence electrons. The van der Waals surface area contributed by atoms with Crippen molar-refractivity contribution in [3.63, 3.8) is 0 Å². The van der Waals surface area contributed by atoms with E-state index in [2.05, 4.69) is 20.8 Å². The molecule has 1 heterocycles. The van der Waals surface area contributed by atoms with Crippen molar-refractivity contribution in [3.8, 4) is 0 Å². The Bertz CT molecular complexity index is 333. The highest BCUT2D eigenvalue weighted by molar-refractivity contribution is 5.76. The smallest absolute Gasteiger partial charge is 0.222 e. The summed E-state index contributed by atoms with van der Waals surface area (Å²) in [4.78, 5) is 13.7. The van der Waals surface area contributed by atoms with Gasteiger partial charge in [-0.15, -0.1) is 0 Å². The van der Waals surface area contributed by atoms with Crippen molar-refractivity contribution < 1.29 is 12.3 Å². The zero-order valence-electron chi connectivity index (χ0n) is 13.3. The Morgan fingerprint density at radius 3 is 2.50 bits per heavy atom. The number of amides is 1. The number of likely N-dealkylation sites (tertiary alicyclic amines) is 1. The lowest BCUT2D eigenvalue weighted by molar-refractivity contribution is -0.134. The molecule has 3 heteroatoms. The fourth-order valence-electron chi connectivity index (χ4n) is 2.50. The molecule has 1 aliphatic heterocycles. The van der Waals surface area contributed by atoms with E-state index in [9.17, 15) is 4.79 Å². The summed E-state index contributed by atoms with van der Waals surface area (Å²) in [5, 5.41) is 0. The molecular weight excluding hydrogens is 202 g/mol. The summed E-state index contributed by atoms with van der Waals surface area (Å²) in [5.41, 5.74) is -0.487. The molecule has 0 aliphatic carbocycles. The van der Waals surface area contributed by atoms with Gasteiger partial charge >= 0.3 is 0 Å². The van der Waals surface area contributed by atoms with Crippen molar-refractivity contribution in [2.45, 2.75) is 59.1 Å². The second-order valence-corrected chi connectivity index (χ2v) is 5.68. The van der Waals surface area contributed by atoms with E-state index in [0.29, 0.717) is 6.54 Å². The van der Waals surface area contributed by atoms with Crippen molar-refractivity contribution in [2.24, 2.45) is 5.41 Å². The van der Waals surface area contributed by atoms with Crippen LogP contribution in [0.15, 0.2) is 0 Å². The quantitative estimate of drug-likeness (QED) is 0.728. The molecule has 0 N–H and O–H groups in total. The summed E-state index contributed by atoms with van der Waals surface area (Å²) in [6.07, 6.45) is -1.08. The second-order valence-electron chi connectivity index (χ2n) is 5.68. The van der Waals surface area contributed by atoms with E-state index in [1.54, 1.807) is 12.0 Å². The highest BCUT2D eigenvalue weighted by atomic mass is 16.5. The van der Waals surface area contributed by atoms with Gasteiger partial charge in [0.15, 0.2) is 0 Å². The number of carbonyl (C=O) groups excluding carboxylic acids is 1. The van der Waals surface area contributed by atoms with E-state index in [1.807, 2.05) is 6.92 Å². The molecule has 2 atom stereocenters. The number of hydrogen-bond acceptors (Lipinski definition) is 2. The fraction of sp³-hybridized carbons (Fsp3) is 0.923. The van der Waals surface area contributed by atoms with Gasteiger partial charge in [0.1, 0.15) is 0 Å². The molecule has 0 aromatic rings. The third-order valence-electron chi connectivity index (χ3n) is 3.82. The Balaban J connectivity index is 3.00. The second kappa shape index (κ2) is 4.36. The SMILES string of the molecule is [2H]C([2H])(C)C(=O)N1CC(OC)(C(C)(C)C)C[C@H]1C. The highest BCUT2D eigenvalue weighted by Crippen LogP contribution is 2.43. The number of rotatable bonds is 2. The lowest BCUT2D eigenvalue weighted by Crippen LogP contribution is -2.47. The van der Waals surface area contributed by atoms with Crippen LogP contribution >= 0.6 is 0 Å². The van der Waals surface area contributed by atoms with E-state index >= 15 is 0 Å². The normalized spacial score (nSPS) is 33.6. The van der Waals surface area contributed by atoms with Crippen molar-refractivity contribution in [2.75, 3.05) is 13.7 Å². The highest BCUT2D eigenvalue weighted by Gasteiger charge is 2.51. The molecule has 0 aromatic carbocycles. The van der Waals surface area contributed by atoms with Gasteiger partial charge in [0.2, 0.25) is 5.91 Å². The number of methoxy groups -OCH3 is 1. The van der Waals surface area contributed by atoms with Gasteiger partial charge in [-0.3, -0.25) is 4.79 Å². The zero-order chi connectivity index (χ0) is 14.4. The number of ether oxygens (including phenoxy) is 1. The summed E-state index contributed by atoms with van der Waals surface area (Å²) in [6.45, 7) is 10.0. The lowest BCUT2D eigenvalue weighted by atomic mass is 9.75. The first-order valence-corrected chi connectivity index (χ1v) is 5.81.